The first-order valence-electron chi connectivity index (χ1n) is 8.17. The molecule has 0 spiro atoms. The van der Waals surface area contributed by atoms with Crippen LogP contribution in [0.3, 0.4) is 0 Å². The number of quaternary nitrogens is 1. The summed E-state index contributed by atoms with van der Waals surface area (Å²) in [5.41, 5.74) is 0.938. The number of rotatable bonds is 11. The highest BCUT2D eigenvalue weighted by atomic mass is 16.8. The van der Waals surface area contributed by atoms with Gasteiger partial charge in [0.05, 0.1) is 0 Å². The third-order valence-electron chi connectivity index (χ3n) is 3.63. The van der Waals surface area contributed by atoms with Gasteiger partial charge in [-0.25, -0.2) is 0 Å². The Morgan fingerprint density at radius 3 is 1.96 bits per heavy atom. The standard InChI is InChI=1S/C17H30NO5/c1-5-21-17(22-6-2)16(20)18(14(4)19,23-7-3)13-15-11-9-8-10-12-15/h8-12,14,16-17,19-20H,5-7,13H2,1-4H3/q+1. The number of hydrogen-bond acceptors (Lipinski definition) is 5. The Hall–Kier alpha value is -1.02. The van der Waals surface area contributed by atoms with E-state index in [2.05, 4.69) is 0 Å². The number of nitrogens with zero attached hydrogens (tertiary/aromatic N) is 1. The molecule has 0 aliphatic rings. The van der Waals surface area contributed by atoms with Crippen LogP contribution in [0.4, 0.5) is 0 Å². The molecule has 0 saturated heterocycles. The summed E-state index contributed by atoms with van der Waals surface area (Å²) in [5, 5.41) is 21.3. The van der Waals surface area contributed by atoms with Crippen LogP contribution in [0.15, 0.2) is 30.3 Å². The molecule has 1 aromatic carbocycles. The van der Waals surface area contributed by atoms with Crippen LogP contribution >= 0.6 is 0 Å². The van der Waals surface area contributed by atoms with Crippen LogP contribution in [0, 0.1) is 0 Å². The molecule has 0 saturated carbocycles. The lowest BCUT2D eigenvalue weighted by atomic mass is 10.2. The van der Waals surface area contributed by atoms with Gasteiger partial charge in [-0.3, -0.25) is 0 Å². The predicted octanol–water partition coefficient (Wildman–Crippen LogP) is 2.01. The van der Waals surface area contributed by atoms with E-state index in [9.17, 15) is 10.2 Å². The van der Waals surface area contributed by atoms with E-state index in [1.165, 1.54) is 0 Å². The molecule has 0 bridgehead atoms. The van der Waals surface area contributed by atoms with Crippen molar-refractivity contribution in [2.45, 2.75) is 53.0 Å². The lowest BCUT2D eigenvalue weighted by Gasteiger charge is -2.42. The van der Waals surface area contributed by atoms with Crippen LogP contribution < -0.4 is 0 Å². The van der Waals surface area contributed by atoms with Gasteiger partial charge in [-0.1, -0.05) is 30.3 Å². The molecule has 132 valence electrons. The zero-order chi connectivity index (χ0) is 17.3. The first-order valence-corrected chi connectivity index (χ1v) is 8.17. The fraction of sp³-hybridized carbons (Fsp3) is 0.647. The van der Waals surface area contributed by atoms with Gasteiger partial charge in [0.25, 0.3) is 6.23 Å². The number of benzene rings is 1. The Labute approximate surface area is 138 Å². The summed E-state index contributed by atoms with van der Waals surface area (Å²) < 4.78 is 10.6. The topological polar surface area (TPSA) is 68.2 Å². The molecule has 0 heterocycles. The average molecular weight is 328 g/mol. The minimum absolute atomic E-state index is 0.296. The van der Waals surface area contributed by atoms with Crippen molar-refractivity contribution in [3.05, 3.63) is 35.9 Å². The van der Waals surface area contributed by atoms with E-state index in [4.69, 9.17) is 14.3 Å². The minimum atomic E-state index is -1.19. The summed E-state index contributed by atoms with van der Waals surface area (Å²) >= 11 is 0. The highest BCUT2D eigenvalue weighted by Crippen LogP contribution is 2.26. The van der Waals surface area contributed by atoms with Gasteiger partial charge in [0.15, 0.2) is 0 Å². The summed E-state index contributed by atoms with van der Waals surface area (Å²) in [7, 11) is 0. The smallest absolute Gasteiger partial charge is 0.275 e. The summed E-state index contributed by atoms with van der Waals surface area (Å²) in [5.74, 6) is 0. The van der Waals surface area contributed by atoms with Gasteiger partial charge in [0.1, 0.15) is 13.2 Å². The average Bonchev–Trinajstić information content (AvgIpc) is 2.54. The van der Waals surface area contributed by atoms with E-state index in [-0.39, 0.29) is 0 Å². The molecule has 0 aromatic heterocycles. The normalized spacial score (nSPS) is 17.0. The van der Waals surface area contributed by atoms with Gasteiger partial charge in [-0.15, -0.1) is 4.65 Å². The van der Waals surface area contributed by atoms with Gasteiger partial charge < -0.3 is 19.7 Å². The molecule has 6 heteroatoms. The van der Waals surface area contributed by atoms with Gasteiger partial charge in [-0.05, 0) is 20.8 Å². The Balaban J connectivity index is 3.14. The van der Waals surface area contributed by atoms with Crippen LogP contribution in [-0.2, 0) is 20.9 Å². The quantitative estimate of drug-likeness (QED) is 0.369. The minimum Gasteiger partial charge on any atom is -0.345 e. The second-order valence-electron chi connectivity index (χ2n) is 5.24. The molecule has 1 rings (SSSR count). The van der Waals surface area contributed by atoms with E-state index in [1.807, 2.05) is 51.1 Å². The Morgan fingerprint density at radius 2 is 1.52 bits per heavy atom. The van der Waals surface area contributed by atoms with Crippen molar-refractivity contribution in [3.63, 3.8) is 0 Å². The molecule has 3 atom stereocenters. The SMILES string of the molecule is CCOC(OCC)C(O)[N+](Cc1ccccc1)(OCC)C(C)O. The molecule has 0 amide bonds. The van der Waals surface area contributed by atoms with Crippen LogP contribution in [0.25, 0.3) is 0 Å². The summed E-state index contributed by atoms with van der Waals surface area (Å²) in [4.78, 5) is 5.81. The fourth-order valence-corrected chi connectivity index (χ4v) is 2.54. The third-order valence-corrected chi connectivity index (χ3v) is 3.63. The van der Waals surface area contributed by atoms with Crippen LogP contribution in [0.1, 0.15) is 33.3 Å². The van der Waals surface area contributed by atoms with Crippen LogP contribution in [-0.4, -0.2) is 53.4 Å². The molecule has 0 aliphatic heterocycles. The van der Waals surface area contributed by atoms with Crippen molar-refractivity contribution in [2.24, 2.45) is 0 Å². The molecule has 23 heavy (non-hydrogen) atoms. The Morgan fingerprint density at radius 1 is 0.957 bits per heavy atom. The molecular formula is C17H30NO5+. The van der Waals surface area contributed by atoms with Gasteiger partial charge in [-0.2, -0.15) is 4.84 Å². The number of hydroxylamine groups is 3. The summed E-state index contributed by atoms with van der Waals surface area (Å²) in [6, 6.07) is 9.59. The van der Waals surface area contributed by atoms with Crippen molar-refractivity contribution in [3.8, 4) is 0 Å². The molecule has 0 aliphatic carbocycles. The molecular weight excluding hydrogens is 298 g/mol. The monoisotopic (exact) mass is 328 g/mol. The first-order chi connectivity index (χ1) is 11.0. The molecule has 1 aromatic rings. The van der Waals surface area contributed by atoms with E-state index in [1.54, 1.807) is 6.92 Å². The second-order valence-corrected chi connectivity index (χ2v) is 5.24. The zero-order valence-corrected chi connectivity index (χ0v) is 14.5. The maximum absolute atomic E-state index is 10.9. The van der Waals surface area contributed by atoms with Crippen molar-refractivity contribution >= 4 is 0 Å². The fourth-order valence-electron chi connectivity index (χ4n) is 2.54. The lowest BCUT2D eigenvalue weighted by molar-refractivity contribution is -1.18. The van der Waals surface area contributed by atoms with E-state index in [0.29, 0.717) is 26.4 Å². The molecule has 0 fully saturated rings. The lowest BCUT2D eigenvalue weighted by Crippen LogP contribution is -2.64. The van der Waals surface area contributed by atoms with Crippen LogP contribution in [0.5, 0.6) is 0 Å². The number of hydrogen-bond donors (Lipinski definition) is 2. The highest BCUT2D eigenvalue weighted by molar-refractivity contribution is 5.13. The summed E-state index contributed by atoms with van der Waals surface area (Å²) in [6.45, 7) is 8.48. The maximum Gasteiger partial charge on any atom is 0.275 e. The Kier molecular flexibility index (Phi) is 8.68. The largest absolute Gasteiger partial charge is 0.345 e. The van der Waals surface area contributed by atoms with Gasteiger partial charge >= 0.3 is 0 Å². The molecule has 3 unspecified atom stereocenters. The third kappa shape index (κ3) is 5.24. The second kappa shape index (κ2) is 9.97. The Bertz CT molecular complexity index is 422. The van der Waals surface area contributed by atoms with Crippen molar-refractivity contribution in [2.75, 3.05) is 19.8 Å². The van der Waals surface area contributed by atoms with E-state index in [0.717, 1.165) is 5.56 Å². The van der Waals surface area contributed by atoms with Gasteiger partial charge in [0, 0.05) is 25.7 Å². The van der Waals surface area contributed by atoms with E-state index < -0.39 is 23.4 Å². The van der Waals surface area contributed by atoms with Crippen molar-refractivity contribution in [1.82, 2.24) is 0 Å². The van der Waals surface area contributed by atoms with Gasteiger partial charge in [0.2, 0.25) is 12.5 Å². The predicted molar refractivity (Wildman–Crippen MR) is 86.8 cm³/mol. The van der Waals surface area contributed by atoms with Crippen molar-refractivity contribution < 1.29 is 29.2 Å². The highest BCUT2D eigenvalue weighted by Gasteiger charge is 2.48. The zero-order valence-electron chi connectivity index (χ0n) is 14.5. The first kappa shape index (κ1) is 20.0. The van der Waals surface area contributed by atoms with Crippen LogP contribution in [0.2, 0.25) is 0 Å². The van der Waals surface area contributed by atoms with E-state index >= 15 is 0 Å². The molecule has 6 nitrogen and oxygen atoms in total. The molecule has 2 N–H and O–H groups in total. The maximum atomic E-state index is 10.9. The summed E-state index contributed by atoms with van der Waals surface area (Å²) in [6.07, 6.45) is -3.03. The number of ether oxygens (including phenoxy) is 2. The molecule has 0 radical (unpaired) electrons. The number of aliphatic hydroxyl groups excluding tert-OH is 2. The van der Waals surface area contributed by atoms with Crippen molar-refractivity contribution in [1.29, 1.82) is 0 Å². The number of aliphatic hydroxyl groups is 2.